The van der Waals surface area contributed by atoms with Crippen LogP contribution in [0.15, 0.2) is 36.4 Å². The van der Waals surface area contributed by atoms with Gasteiger partial charge < -0.3 is 5.73 Å². The van der Waals surface area contributed by atoms with Gasteiger partial charge in [0.15, 0.2) is 0 Å². The highest BCUT2D eigenvalue weighted by atomic mass is 32.1. The molecule has 0 aliphatic carbocycles. The molecule has 1 aromatic carbocycles. The second-order valence-electron chi connectivity index (χ2n) is 4.82. The smallest absolute Gasteiger partial charge is 0.0375 e. The average molecular weight is 259 g/mol. The highest BCUT2D eigenvalue weighted by Gasteiger charge is 2.22. The van der Waals surface area contributed by atoms with Gasteiger partial charge in [-0.05, 0) is 37.5 Å². The van der Waals surface area contributed by atoms with Gasteiger partial charge in [-0.25, -0.2) is 0 Å². The Morgan fingerprint density at radius 1 is 1.17 bits per heavy atom. The van der Waals surface area contributed by atoms with E-state index in [0.29, 0.717) is 5.92 Å². The van der Waals surface area contributed by atoms with Gasteiger partial charge in [-0.1, -0.05) is 37.3 Å². The summed E-state index contributed by atoms with van der Waals surface area (Å²) >= 11 is 1.84. The van der Waals surface area contributed by atoms with Gasteiger partial charge >= 0.3 is 0 Å². The van der Waals surface area contributed by atoms with E-state index in [1.54, 1.807) is 0 Å². The molecular formula is C16H21NS. The molecule has 0 saturated carbocycles. The van der Waals surface area contributed by atoms with Gasteiger partial charge in [0.25, 0.3) is 0 Å². The SMILES string of the molecule is CCC(c1ccccc1)C(N)c1cc(C)sc1C. The monoisotopic (exact) mass is 259 g/mol. The summed E-state index contributed by atoms with van der Waals surface area (Å²) in [6, 6.07) is 13.0. The summed E-state index contributed by atoms with van der Waals surface area (Å²) in [5.74, 6) is 0.402. The van der Waals surface area contributed by atoms with E-state index in [9.17, 15) is 0 Å². The Kier molecular flexibility index (Phi) is 4.20. The maximum Gasteiger partial charge on any atom is 0.0375 e. The molecule has 2 rings (SSSR count). The van der Waals surface area contributed by atoms with E-state index in [4.69, 9.17) is 5.73 Å². The number of nitrogens with two attached hydrogens (primary N) is 1. The normalized spacial score (nSPS) is 14.4. The maximum atomic E-state index is 6.50. The molecule has 0 aliphatic heterocycles. The van der Waals surface area contributed by atoms with Crippen molar-refractivity contribution in [1.82, 2.24) is 0 Å². The molecule has 0 amide bonds. The van der Waals surface area contributed by atoms with Crippen LogP contribution < -0.4 is 5.73 Å². The van der Waals surface area contributed by atoms with E-state index < -0.39 is 0 Å². The molecule has 1 nitrogen and oxygen atoms in total. The highest BCUT2D eigenvalue weighted by Crippen LogP contribution is 2.35. The highest BCUT2D eigenvalue weighted by molar-refractivity contribution is 7.12. The summed E-state index contributed by atoms with van der Waals surface area (Å²) in [5.41, 5.74) is 9.16. The van der Waals surface area contributed by atoms with Crippen LogP contribution in [-0.4, -0.2) is 0 Å². The first-order chi connectivity index (χ1) is 8.63. The molecule has 96 valence electrons. The number of benzene rings is 1. The Hall–Kier alpha value is -1.12. The molecule has 0 fully saturated rings. The minimum absolute atomic E-state index is 0.0994. The fraction of sp³-hybridized carbons (Fsp3) is 0.375. The quantitative estimate of drug-likeness (QED) is 0.856. The van der Waals surface area contributed by atoms with Crippen molar-refractivity contribution in [3.05, 3.63) is 57.3 Å². The van der Waals surface area contributed by atoms with E-state index in [1.807, 2.05) is 11.3 Å². The van der Waals surface area contributed by atoms with Crippen LogP contribution in [0.4, 0.5) is 0 Å². The van der Waals surface area contributed by atoms with Crippen LogP contribution in [0.2, 0.25) is 0 Å². The first kappa shape index (κ1) is 13.3. The predicted molar refractivity (Wildman–Crippen MR) is 80.2 cm³/mol. The Bertz CT molecular complexity index is 501. The fourth-order valence-corrected chi connectivity index (χ4v) is 3.58. The third-order valence-corrected chi connectivity index (χ3v) is 4.52. The lowest BCUT2D eigenvalue weighted by atomic mass is 9.86. The lowest BCUT2D eigenvalue weighted by Crippen LogP contribution is -2.19. The van der Waals surface area contributed by atoms with Gasteiger partial charge in [0.05, 0.1) is 0 Å². The minimum atomic E-state index is 0.0994. The van der Waals surface area contributed by atoms with Crippen LogP contribution in [0, 0.1) is 13.8 Å². The van der Waals surface area contributed by atoms with Crippen molar-refractivity contribution < 1.29 is 0 Å². The van der Waals surface area contributed by atoms with Crippen LogP contribution in [0.25, 0.3) is 0 Å². The summed E-state index contributed by atoms with van der Waals surface area (Å²) < 4.78 is 0. The summed E-state index contributed by atoms with van der Waals surface area (Å²) in [5, 5.41) is 0. The van der Waals surface area contributed by atoms with Gasteiger partial charge in [-0.2, -0.15) is 0 Å². The molecule has 2 N–H and O–H groups in total. The average Bonchev–Trinajstić information content (AvgIpc) is 2.70. The summed E-state index contributed by atoms with van der Waals surface area (Å²) in [6.45, 7) is 6.54. The molecule has 2 unspecified atom stereocenters. The van der Waals surface area contributed by atoms with E-state index in [2.05, 4.69) is 57.2 Å². The van der Waals surface area contributed by atoms with Crippen molar-refractivity contribution in [2.24, 2.45) is 5.73 Å². The third kappa shape index (κ3) is 2.65. The van der Waals surface area contributed by atoms with Crippen LogP contribution in [0.3, 0.4) is 0 Å². The lowest BCUT2D eigenvalue weighted by molar-refractivity contribution is 0.538. The summed E-state index contributed by atoms with van der Waals surface area (Å²) in [4.78, 5) is 2.70. The first-order valence-electron chi connectivity index (χ1n) is 6.51. The lowest BCUT2D eigenvalue weighted by Gasteiger charge is -2.23. The van der Waals surface area contributed by atoms with Gasteiger partial charge in [0.1, 0.15) is 0 Å². The molecule has 0 bridgehead atoms. The second kappa shape index (κ2) is 5.68. The molecule has 2 aromatic rings. The van der Waals surface area contributed by atoms with Crippen molar-refractivity contribution in [3.8, 4) is 0 Å². The van der Waals surface area contributed by atoms with E-state index in [0.717, 1.165) is 6.42 Å². The van der Waals surface area contributed by atoms with Gasteiger partial charge in [-0.3, -0.25) is 0 Å². The molecular weight excluding hydrogens is 238 g/mol. The number of rotatable bonds is 4. The molecule has 2 atom stereocenters. The number of thiophene rings is 1. The van der Waals surface area contributed by atoms with Crippen LogP contribution in [0.1, 0.15) is 46.2 Å². The number of aryl methyl sites for hydroxylation is 2. The van der Waals surface area contributed by atoms with Crippen molar-refractivity contribution in [2.75, 3.05) is 0 Å². The van der Waals surface area contributed by atoms with Crippen molar-refractivity contribution in [2.45, 2.75) is 39.2 Å². The summed E-state index contributed by atoms with van der Waals surface area (Å²) in [6.07, 6.45) is 1.07. The zero-order valence-electron chi connectivity index (χ0n) is 11.3. The molecule has 2 heteroatoms. The van der Waals surface area contributed by atoms with Crippen molar-refractivity contribution in [1.29, 1.82) is 0 Å². The van der Waals surface area contributed by atoms with Gasteiger partial charge in [0, 0.05) is 21.7 Å². The maximum absolute atomic E-state index is 6.50. The Morgan fingerprint density at radius 2 is 1.83 bits per heavy atom. The Morgan fingerprint density at radius 3 is 2.33 bits per heavy atom. The number of hydrogen-bond acceptors (Lipinski definition) is 2. The van der Waals surface area contributed by atoms with Crippen LogP contribution >= 0.6 is 11.3 Å². The van der Waals surface area contributed by atoms with Crippen molar-refractivity contribution in [3.63, 3.8) is 0 Å². The second-order valence-corrected chi connectivity index (χ2v) is 6.28. The molecule has 0 radical (unpaired) electrons. The predicted octanol–water partition coefficient (Wildman–Crippen LogP) is 4.56. The standard InChI is InChI=1S/C16H21NS/c1-4-14(13-8-6-5-7-9-13)16(17)15-10-11(2)18-12(15)3/h5-10,14,16H,4,17H2,1-3H3. The fourth-order valence-electron chi connectivity index (χ4n) is 2.60. The van der Waals surface area contributed by atoms with Gasteiger partial charge in [0.2, 0.25) is 0 Å². The molecule has 0 saturated heterocycles. The Labute approximate surface area is 114 Å². The zero-order chi connectivity index (χ0) is 13.1. The molecule has 1 aromatic heterocycles. The minimum Gasteiger partial charge on any atom is -0.323 e. The molecule has 0 aliphatic rings. The van der Waals surface area contributed by atoms with Crippen LogP contribution in [-0.2, 0) is 0 Å². The largest absolute Gasteiger partial charge is 0.323 e. The molecule has 0 spiro atoms. The van der Waals surface area contributed by atoms with Crippen LogP contribution in [0.5, 0.6) is 0 Å². The Balaban J connectivity index is 2.31. The zero-order valence-corrected chi connectivity index (χ0v) is 12.1. The number of hydrogen-bond donors (Lipinski definition) is 1. The third-order valence-electron chi connectivity index (χ3n) is 3.54. The topological polar surface area (TPSA) is 26.0 Å². The molecule has 1 heterocycles. The van der Waals surface area contributed by atoms with E-state index in [1.165, 1.54) is 20.9 Å². The van der Waals surface area contributed by atoms with E-state index in [-0.39, 0.29) is 6.04 Å². The first-order valence-corrected chi connectivity index (χ1v) is 7.32. The van der Waals surface area contributed by atoms with Gasteiger partial charge in [-0.15, -0.1) is 11.3 Å². The van der Waals surface area contributed by atoms with Crippen molar-refractivity contribution >= 4 is 11.3 Å². The summed E-state index contributed by atoms with van der Waals surface area (Å²) in [7, 11) is 0. The molecule has 18 heavy (non-hydrogen) atoms. The van der Waals surface area contributed by atoms with E-state index >= 15 is 0 Å².